The number of hydrogen-bond acceptors (Lipinski definition) is 2. The van der Waals surface area contributed by atoms with E-state index < -0.39 is 5.97 Å². The minimum absolute atomic E-state index is 0.0446. The smallest absolute Gasteiger partial charge is 0.352 e. The molecular formula is C15H13BrN2O3. The van der Waals surface area contributed by atoms with E-state index >= 15 is 0 Å². The third-order valence-electron chi connectivity index (χ3n) is 2.80. The number of rotatable bonds is 4. The molecule has 6 heteroatoms. The fraction of sp³-hybridized carbons (Fsp3) is 0.0667. The maximum atomic E-state index is 11.8. The highest BCUT2D eigenvalue weighted by atomic mass is 79.9. The molecule has 0 atom stereocenters. The second kappa shape index (κ2) is 6.41. The van der Waals surface area contributed by atoms with Gasteiger partial charge in [0.15, 0.2) is 0 Å². The second-order valence-corrected chi connectivity index (χ2v) is 5.14. The first-order valence-electron chi connectivity index (χ1n) is 6.14. The van der Waals surface area contributed by atoms with Gasteiger partial charge in [0.25, 0.3) is 0 Å². The monoisotopic (exact) mass is 348 g/mol. The van der Waals surface area contributed by atoms with E-state index in [1.54, 1.807) is 19.1 Å². The second-order valence-electron chi connectivity index (χ2n) is 4.35. The Morgan fingerprint density at radius 3 is 2.57 bits per heavy atom. The number of carboxylic acid groups (broad SMARTS) is 1. The van der Waals surface area contributed by atoms with Crippen molar-refractivity contribution >= 4 is 39.6 Å². The maximum absolute atomic E-state index is 11.8. The molecule has 0 spiro atoms. The zero-order valence-electron chi connectivity index (χ0n) is 11.2. The lowest BCUT2D eigenvalue weighted by molar-refractivity contribution is -0.111. The van der Waals surface area contributed by atoms with Crippen molar-refractivity contribution in [3.8, 4) is 0 Å². The van der Waals surface area contributed by atoms with Gasteiger partial charge in [-0.05, 0) is 41.1 Å². The molecule has 0 saturated carbocycles. The Kier molecular flexibility index (Phi) is 4.59. The number of aromatic carboxylic acids is 1. The molecule has 0 aliphatic carbocycles. The van der Waals surface area contributed by atoms with Gasteiger partial charge in [-0.15, -0.1) is 0 Å². The molecule has 21 heavy (non-hydrogen) atoms. The molecule has 0 fully saturated rings. The predicted molar refractivity (Wildman–Crippen MR) is 84.3 cm³/mol. The van der Waals surface area contributed by atoms with Crippen molar-refractivity contribution in [1.82, 2.24) is 4.98 Å². The molecule has 0 aliphatic rings. The lowest BCUT2D eigenvalue weighted by Crippen LogP contribution is -2.07. The van der Waals surface area contributed by atoms with Crippen molar-refractivity contribution in [2.24, 2.45) is 0 Å². The molecule has 2 rings (SSSR count). The molecule has 1 amide bonds. The van der Waals surface area contributed by atoms with Gasteiger partial charge in [0.1, 0.15) is 5.69 Å². The number of aromatic nitrogens is 1. The molecule has 1 heterocycles. The Bertz CT molecular complexity index is 705. The molecule has 2 aromatic rings. The molecule has 0 radical (unpaired) electrons. The Morgan fingerprint density at radius 1 is 1.29 bits per heavy atom. The Hall–Kier alpha value is -2.34. The van der Waals surface area contributed by atoms with Crippen molar-refractivity contribution in [2.75, 3.05) is 5.32 Å². The van der Waals surface area contributed by atoms with Gasteiger partial charge in [-0.3, -0.25) is 4.79 Å². The highest BCUT2D eigenvalue weighted by Crippen LogP contribution is 2.26. The first-order valence-corrected chi connectivity index (χ1v) is 6.94. The van der Waals surface area contributed by atoms with Crippen LogP contribution in [0.4, 0.5) is 5.69 Å². The fourth-order valence-corrected chi connectivity index (χ4v) is 2.24. The highest BCUT2D eigenvalue weighted by molar-refractivity contribution is 9.10. The van der Waals surface area contributed by atoms with Gasteiger partial charge < -0.3 is 15.4 Å². The summed E-state index contributed by atoms with van der Waals surface area (Å²) in [4.78, 5) is 25.7. The topological polar surface area (TPSA) is 82.2 Å². The number of carboxylic acids is 1. The largest absolute Gasteiger partial charge is 0.477 e. The van der Waals surface area contributed by atoms with Crippen LogP contribution in [0.3, 0.4) is 0 Å². The summed E-state index contributed by atoms with van der Waals surface area (Å²) in [7, 11) is 0. The summed E-state index contributed by atoms with van der Waals surface area (Å²) in [6.45, 7) is 1.75. The van der Waals surface area contributed by atoms with Crippen LogP contribution in [0.25, 0.3) is 6.08 Å². The third kappa shape index (κ3) is 3.61. The van der Waals surface area contributed by atoms with Gasteiger partial charge in [0, 0.05) is 27.5 Å². The van der Waals surface area contributed by atoms with Crippen LogP contribution in [0.15, 0.2) is 40.9 Å². The van der Waals surface area contributed by atoms with Crippen LogP contribution in [0.2, 0.25) is 0 Å². The van der Waals surface area contributed by atoms with E-state index in [0.717, 1.165) is 0 Å². The van der Waals surface area contributed by atoms with Crippen molar-refractivity contribution < 1.29 is 14.7 Å². The van der Waals surface area contributed by atoms with E-state index in [1.807, 2.05) is 18.2 Å². The zero-order chi connectivity index (χ0) is 15.4. The molecule has 1 aromatic heterocycles. The number of nitrogens with one attached hydrogen (secondary N) is 2. The number of para-hydroxylation sites is 1. The van der Waals surface area contributed by atoms with Gasteiger partial charge in [-0.25, -0.2) is 4.79 Å². The molecule has 0 bridgehead atoms. The summed E-state index contributed by atoms with van der Waals surface area (Å²) in [6.07, 6.45) is 2.77. The van der Waals surface area contributed by atoms with Crippen LogP contribution in [-0.2, 0) is 4.79 Å². The SMILES string of the molecule is Cc1[nH]c(C(=O)O)c(/C=C/C(=O)Nc2ccccc2)c1Br. The summed E-state index contributed by atoms with van der Waals surface area (Å²) in [5.74, 6) is -1.41. The summed E-state index contributed by atoms with van der Waals surface area (Å²) >= 11 is 3.31. The van der Waals surface area contributed by atoms with Crippen LogP contribution in [0.5, 0.6) is 0 Å². The zero-order valence-corrected chi connectivity index (χ0v) is 12.8. The standard InChI is InChI=1S/C15H13BrN2O3/c1-9-13(16)11(14(17-9)15(20)21)7-8-12(19)18-10-5-3-2-4-6-10/h2-8,17H,1H3,(H,18,19)(H,20,21)/b8-7+. The van der Waals surface area contributed by atoms with Crippen molar-refractivity contribution in [2.45, 2.75) is 6.92 Å². The summed E-state index contributed by atoms with van der Waals surface area (Å²) < 4.78 is 0.628. The quantitative estimate of drug-likeness (QED) is 0.740. The van der Waals surface area contributed by atoms with Crippen molar-refractivity contribution in [3.63, 3.8) is 0 Å². The number of anilines is 1. The van der Waals surface area contributed by atoms with Crippen molar-refractivity contribution in [3.05, 3.63) is 57.8 Å². The van der Waals surface area contributed by atoms with Gasteiger partial charge in [0.05, 0.1) is 0 Å². The summed E-state index contributed by atoms with van der Waals surface area (Å²) in [5, 5.41) is 11.8. The molecule has 5 nitrogen and oxygen atoms in total. The molecule has 0 aliphatic heterocycles. The van der Waals surface area contributed by atoms with E-state index in [0.29, 0.717) is 21.4 Å². The number of halogens is 1. The van der Waals surface area contributed by atoms with E-state index in [-0.39, 0.29) is 11.6 Å². The Balaban J connectivity index is 2.18. The third-order valence-corrected chi connectivity index (χ3v) is 3.83. The maximum Gasteiger partial charge on any atom is 0.352 e. The van der Waals surface area contributed by atoms with E-state index in [1.165, 1.54) is 12.2 Å². The molecule has 3 N–H and O–H groups in total. The average Bonchev–Trinajstić information content (AvgIpc) is 2.74. The number of amides is 1. The van der Waals surface area contributed by atoms with E-state index in [4.69, 9.17) is 5.11 Å². The fourth-order valence-electron chi connectivity index (χ4n) is 1.81. The first-order chi connectivity index (χ1) is 9.99. The average molecular weight is 349 g/mol. The van der Waals surface area contributed by atoms with Crippen LogP contribution in [0.1, 0.15) is 21.7 Å². The number of hydrogen-bond donors (Lipinski definition) is 3. The van der Waals surface area contributed by atoms with Crippen LogP contribution in [-0.4, -0.2) is 22.0 Å². The van der Waals surface area contributed by atoms with E-state index in [2.05, 4.69) is 26.2 Å². The molecule has 0 saturated heterocycles. The Labute approximate surface area is 129 Å². The Morgan fingerprint density at radius 2 is 1.95 bits per heavy atom. The molecular weight excluding hydrogens is 336 g/mol. The number of aromatic amines is 1. The minimum Gasteiger partial charge on any atom is -0.477 e. The normalized spacial score (nSPS) is 10.8. The van der Waals surface area contributed by atoms with Gasteiger partial charge in [0.2, 0.25) is 5.91 Å². The lowest BCUT2D eigenvalue weighted by atomic mass is 10.2. The molecule has 0 unspecified atom stereocenters. The molecule has 1 aromatic carbocycles. The van der Waals surface area contributed by atoms with Crippen molar-refractivity contribution in [1.29, 1.82) is 0 Å². The number of aryl methyl sites for hydroxylation is 1. The number of carbonyl (C=O) groups excluding carboxylic acids is 1. The summed E-state index contributed by atoms with van der Waals surface area (Å²) in [6, 6.07) is 9.02. The number of benzene rings is 1. The molecule has 108 valence electrons. The van der Waals surface area contributed by atoms with E-state index in [9.17, 15) is 9.59 Å². The first kappa shape index (κ1) is 15.1. The minimum atomic E-state index is -1.08. The van der Waals surface area contributed by atoms with Crippen LogP contribution >= 0.6 is 15.9 Å². The number of carbonyl (C=O) groups is 2. The van der Waals surface area contributed by atoms with Crippen LogP contribution in [0, 0.1) is 6.92 Å². The highest BCUT2D eigenvalue weighted by Gasteiger charge is 2.16. The predicted octanol–water partition coefficient (Wildman–Crippen LogP) is 3.44. The lowest BCUT2D eigenvalue weighted by Gasteiger charge is -2.00. The number of H-pyrrole nitrogens is 1. The summed E-state index contributed by atoms with van der Waals surface area (Å²) in [5.41, 5.74) is 1.84. The van der Waals surface area contributed by atoms with Gasteiger partial charge in [-0.1, -0.05) is 18.2 Å². The van der Waals surface area contributed by atoms with Crippen LogP contribution < -0.4 is 5.32 Å². The van der Waals surface area contributed by atoms with Gasteiger partial charge >= 0.3 is 5.97 Å². The van der Waals surface area contributed by atoms with Gasteiger partial charge in [-0.2, -0.15) is 0 Å².